The molecule has 8 aliphatic rings. The molecule has 8 fully saturated rings. The first-order chi connectivity index (χ1) is 19.3. The Bertz CT molecular complexity index is 900. The third kappa shape index (κ3) is 7.42. The molecular weight excluding hydrogens is 484 g/mol. The zero-order chi connectivity index (χ0) is 28.6. The van der Waals surface area contributed by atoms with Gasteiger partial charge in [-0.15, -0.1) is 0 Å². The van der Waals surface area contributed by atoms with E-state index < -0.39 is 0 Å². The Hall–Kier alpha value is -1.60. The van der Waals surface area contributed by atoms with E-state index in [0.717, 1.165) is 45.8 Å². The van der Waals surface area contributed by atoms with E-state index in [1.807, 2.05) is 54.6 Å². The van der Waals surface area contributed by atoms with Gasteiger partial charge in [-0.25, -0.2) is 0 Å². The largest absolute Gasteiger partial charge is 0.388 e. The van der Waals surface area contributed by atoms with Gasteiger partial charge < -0.3 is 4.74 Å². The van der Waals surface area contributed by atoms with Crippen LogP contribution in [0, 0.1) is 52.8 Å². The molecule has 0 amide bonds. The second-order valence-corrected chi connectivity index (χ2v) is 15.2. The third-order valence-electron chi connectivity index (χ3n) is 11.1. The van der Waals surface area contributed by atoms with Gasteiger partial charge in [0.15, 0.2) is 0 Å². The topological polar surface area (TPSA) is 9.23 Å². The number of rotatable bonds is 1. The predicted molar refractivity (Wildman–Crippen MR) is 172 cm³/mol. The van der Waals surface area contributed by atoms with Crippen molar-refractivity contribution in [3.05, 3.63) is 72.3 Å². The standard InChI is InChI=1S/C21H32.C7H8.C6H6.C3H8.C2H6O/c1-19-6-17-5-18(7-19)12-21(11-17,13-19)20-8-14-2-15(9-20)4-16(3-14)10-20;1-7-5-3-2-4-6-7;1-2-4-6-5-3-1;2*1-3-2/h14-18H,2-13H2,1H3;2-6H,1H3;1-6H;3H2,1-2H3;1-2H3. The summed E-state index contributed by atoms with van der Waals surface area (Å²) in [5.41, 5.74) is 3.73. The molecule has 10 rings (SSSR count). The number of hydrogen-bond donors (Lipinski definition) is 0. The van der Waals surface area contributed by atoms with E-state index in [4.69, 9.17) is 0 Å². The zero-order valence-corrected chi connectivity index (χ0v) is 26.8. The number of benzene rings is 2. The predicted octanol–water partition coefficient (Wildman–Crippen LogP) is 11.2. The Morgan fingerprint density at radius 3 is 1.23 bits per heavy atom. The molecule has 0 N–H and O–H groups in total. The number of methoxy groups -OCH3 is 1. The first-order valence-electron chi connectivity index (χ1n) is 16.7. The summed E-state index contributed by atoms with van der Waals surface area (Å²) in [6.07, 6.45) is 20.9. The molecule has 0 spiro atoms. The normalized spacial score (nSPS) is 38.8. The van der Waals surface area contributed by atoms with Gasteiger partial charge in [0.1, 0.15) is 0 Å². The molecule has 2 aromatic rings. The Kier molecular flexibility index (Phi) is 11.0. The highest BCUT2D eigenvalue weighted by Gasteiger charge is 2.66. The summed E-state index contributed by atoms with van der Waals surface area (Å²) in [6, 6.07) is 22.3. The second-order valence-electron chi connectivity index (χ2n) is 15.2. The molecule has 0 saturated heterocycles. The van der Waals surface area contributed by atoms with Crippen molar-refractivity contribution >= 4 is 0 Å². The van der Waals surface area contributed by atoms with Gasteiger partial charge in [0.05, 0.1) is 0 Å². The summed E-state index contributed by atoms with van der Waals surface area (Å²) in [5.74, 6) is 5.71. The van der Waals surface area contributed by atoms with E-state index in [-0.39, 0.29) is 0 Å². The van der Waals surface area contributed by atoms with Crippen molar-refractivity contribution in [3.63, 3.8) is 0 Å². The van der Waals surface area contributed by atoms with Crippen LogP contribution in [-0.4, -0.2) is 14.2 Å². The van der Waals surface area contributed by atoms with Crippen LogP contribution in [0.2, 0.25) is 0 Å². The molecule has 2 unspecified atom stereocenters. The van der Waals surface area contributed by atoms with Crippen LogP contribution >= 0.6 is 0 Å². The lowest BCUT2D eigenvalue weighted by Crippen LogP contribution is -2.62. The van der Waals surface area contributed by atoms with Crippen LogP contribution in [0.4, 0.5) is 0 Å². The Balaban J connectivity index is 0.000000160. The van der Waals surface area contributed by atoms with Crippen molar-refractivity contribution in [2.75, 3.05) is 14.2 Å². The third-order valence-corrected chi connectivity index (χ3v) is 11.1. The first kappa shape index (κ1) is 31.3. The highest BCUT2D eigenvalue weighted by Crippen LogP contribution is 2.76. The summed E-state index contributed by atoms with van der Waals surface area (Å²) >= 11 is 0. The minimum Gasteiger partial charge on any atom is -0.388 e. The number of aryl methyl sites for hydroxylation is 1. The lowest BCUT2D eigenvalue weighted by molar-refractivity contribution is -0.217. The molecule has 222 valence electrons. The maximum atomic E-state index is 4.25. The summed E-state index contributed by atoms with van der Waals surface area (Å²) in [7, 11) is 3.25. The van der Waals surface area contributed by atoms with E-state index in [1.165, 1.54) is 12.0 Å². The molecule has 0 aliphatic heterocycles. The fourth-order valence-corrected chi connectivity index (χ4v) is 11.0. The van der Waals surface area contributed by atoms with Gasteiger partial charge in [-0.1, -0.05) is 99.5 Å². The van der Waals surface area contributed by atoms with Crippen LogP contribution in [0.15, 0.2) is 66.7 Å². The van der Waals surface area contributed by atoms with Gasteiger partial charge >= 0.3 is 0 Å². The second kappa shape index (κ2) is 14.0. The maximum absolute atomic E-state index is 4.25. The van der Waals surface area contributed by atoms with Gasteiger partial charge in [-0.2, -0.15) is 0 Å². The molecule has 0 aromatic heterocycles. The van der Waals surface area contributed by atoms with Crippen LogP contribution in [-0.2, 0) is 4.74 Å². The fraction of sp³-hybridized carbons (Fsp3) is 0.692. The van der Waals surface area contributed by atoms with E-state index in [9.17, 15) is 0 Å². The van der Waals surface area contributed by atoms with Crippen LogP contribution in [0.1, 0.15) is 110 Å². The molecule has 8 aliphatic carbocycles. The summed E-state index contributed by atoms with van der Waals surface area (Å²) in [5, 5.41) is 0. The van der Waals surface area contributed by atoms with Gasteiger partial charge in [0, 0.05) is 14.2 Å². The van der Waals surface area contributed by atoms with E-state index in [1.54, 1.807) is 91.3 Å². The van der Waals surface area contributed by atoms with E-state index in [0.29, 0.717) is 0 Å². The highest BCUT2D eigenvalue weighted by atomic mass is 16.4. The first-order valence-corrected chi connectivity index (χ1v) is 16.7. The monoisotopic (exact) mass is 544 g/mol. The van der Waals surface area contributed by atoms with Gasteiger partial charge in [0.25, 0.3) is 0 Å². The van der Waals surface area contributed by atoms with Crippen molar-refractivity contribution in [2.45, 2.75) is 111 Å². The SMILES string of the molecule is CC12CC3CC(C1)CC(C14CC5CC(CC(C5)C1)C4)(C3)C2.CCC.COC.Cc1ccccc1.c1ccccc1. The minimum atomic E-state index is 0.757. The van der Waals surface area contributed by atoms with Crippen molar-refractivity contribution in [3.8, 4) is 0 Å². The Morgan fingerprint density at radius 2 is 0.900 bits per heavy atom. The molecular formula is C39H60O. The van der Waals surface area contributed by atoms with Crippen molar-refractivity contribution < 1.29 is 4.74 Å². The van der Waals surface area contributed by atoms with Crippen LogP contribution in [0.5, 0.6) is 0 Å². The zero-order valence-electron chi connectivity index (χ0n) is 26.8. The fourth-order valence-electron chi connectivity index (χ4n) is 11.0. The lowest BCUT2D eigenvalue weighted by Gasteiger charge is -2.72. The highest BCUT2D eigenvalue weighted by molar-refractivity contribution is 5.17. The van der Waals surface area contributed by atoms with Gasteiger partial charge in [-0.3, -0.25) is 0 Å². The summed E-state index contributed by atoms with van der Waals surface area (Å²) < 4.78 is 4.25. The average molecular weight is 545 g/mol. The molecule has 8 saturated carbocycles. The van der Waals surface area contributed by atoms with Crippen molar-refractivity contribution in [2.24, 2.45) is 45.8 Å². The van der Waals surface area contributed by atoms with Gasteiger partial charge in [-0.05, 0) is 130 Å². The molecule has 1 heteroatoms. The van der Waals surface area contributed by atoms with Crippen molar-refractivity contribution in [1.29, 1.82) is 0 Å². The maximum Gasteiger partial charge on any atom is 0.0351 e. The summed E-state index contributed by atoms with van der Waals surface area (Å²) in [6.45, 7) is 9.01. The van der Waals surface area contributed by atoms with Gasteiger partial charge in [0.2, 0.25) is 0 Å². The molecule has 0 heterocycles. The molecule has 0 radical (unpaired) electrons. The Labute approximate surface area is 247 Å². The Morgan fingerprint density at radius 1 is 0.575 bits per heavy atom. The van der Waals surface area contributed by atoms with Crippen molar-refractivity contribution in [1.82, 2.24) is 0 Å². The van der Waals surface area contributed by atoms with Crippen LogP contribution < -0.4 is 0 Å². The molecule has 1 nitrogen and oxygen atoms in total. The molecule has 2 aromatic carbocycles. The van der Waals surface area contributed by atoms with E-state index >= 15 is 0 Å². The van der Waals surface area contributed by atoms with E-state index in [2.05, 4.69) is 44.6 Å². The molecule has 2 atom stereocenters. The number of hydrogen-bond acceptors (Lipinski definition) is 1. The lowest BCUT2D eigenvalue weighted by atomic mass is 9.33. The smallest absolute Gasteiger partial charge is 0.0351 e. The van der Waals surface area contributed by atoms with Crippen LogP contribution in [0.3, 0.4) is 0 Å². The quantitative estimate of drug-likeness (QED) is 0.347. The molecule has 40 heavy (non-hydrogen) atoms. The average Bonchev–Trinajstić information content (AvgIpc) is 2.90. The molecule has 8 bridgehead atoms. The van der Waals surface area contributed by atoms with Crippen LogP contribution in [0.25, 0.3) is 0 Å². The minimum absolute atomic E-state index is 0.757. The summed E-state index contributed by atoms with van der Waals surface area (Å²) in [4.78, 5) is 0. The number of ether oxygens (including phenoxy) is 1.